The summed E-state index contributed by atoms with van der Waals surface area (Å²) >= 11 is 6.87. The molecule has 0 unspecified atom stereocenters. The third-order valence-electron chi connectivity index (χ3n) is 2.30. The second-order valence-electron chi connectivity index (χ2n) is 3.49. The monoisotopic (exact) mass is 270 g/mol. The first-order chi connectivity index (χ1) is 8.09. The Labute approximate surface area is 106 Å². The first-order valence-electron chi connectivity index (χ1n) is 4.84. The lowest BCUT2D eigenvalue weighted by Gasteiger charge is -2.03. The number of rotatable bonds is 3. The molecule has 0 aliphatic carbocycles. The van der Waals surface area contributed by atoms with Crippen molar-refractivity contribution in [1.29, 1.82) is 0 Å². The van der Waals surface area contributed by atoms with Crippen LogP contribution in [0.4, 0.5) is 4.39 Å². The summed E-state index contributed by atoms with van der Waals surface area (Å²) in [6, 6.07) is 4.35. The van der Waals surface area contributed by atoms with E-state index in [0.29, 0.717) is 10.6 Å². The van der Waals surface area contributed by atoms with Gasteiger partial charge in [-0.05, 0) is 30.6 Å². The normalized spacial score (nSPS) is 10.5. The van der Waals surface area contributed by atoms with Gasteiger partial charge in [-0.25, -0.2) is 4.39 Å². The minimum Gasteiger partial charge on any atom is -0.293 e. The lowest BCUT2D eigenvalue weighted by Crippen LogP contribution is -2.05. The highest BCUT2D eigenvalue weighted by molar-refractivity contribution is 7.08. The Kier molecular flexibility index (Phi) is 3.49. The topological polar surface area (TPSA) is 42.9 Å². The summed E-state index contributed by atoms with van der Waals surface area (Å²) in [6.45, 7) is 1.69. The number of nitrogens with zero attached hydrogens (tertiary/aromatic N) is 2. The Morgan fingerprint density at radius 2 is 2.29 bits per heavy atom. The molecule has 0 amide bonds. The standard InChI is InChI=1S/C11H8ClFN2OS/c1-6-11(17-15-14-6)10(16)5-7-8(12)3-2-4-9(7)13/h2-4H,5H2,1H3. The van der Waals surface area contributed by atoms with Gasteiger partial charge in [-0.15, -0.1) is 5.10 Å². The highest BCUT2D eigenvalue weighted by Crippen LogP contribution is 2.22. The highest BCUT2D eigenvalue weighted by atomic mass is 35.5. The largest absolute Gasteiger partial charge is 0.293 e. The van der Waals surface area contributed by atoms with E-state index in [1.54, 1.807) is 13.0 Å². The Hall–Kier alpha value is -1.33. The second-order valence-corrected chi connectivity index (χ2v) is 4.65. The fourth-order valence-electron chi connectivity index (χ4n) is 1.43. The summed E-state index contributed by atoms with van der Waals surface area (Å²) in [7, 11) is 0. The molecule has 0 saturated heterocycles. The third-order valence-corrected chi connectivity index (χ3v) is 3.53. The SMILES string of the molecule is Cc1nnsc1C(=O)Cc1c(F)cccc1Cl. The Morgan fingerprint density at radius 1 is 1.53 bits per heavy atom. The first-order valence-corrected chi connectivity index (χ1v) is 5.99. The van der Waals surface area contributed by atoms with Gasteiger partial charge < -0.3 is 0 Å². The molecule has 0 atom stereocenters. The molecule has 2 aromatic rings. The molecule has 1 aromatic carbocycles. The van der Waals surface area contributed by atoms with Crippen LogP contribution in [0, 0.1) is 12.7 Å². The zero-order valence-corrected chi connectivity index (χ0v) is 10.5. The summed E-state index contributed by atoms with van der Waals surface area (Å²) in [5.74, 6) is -0.689. The van der Waals surface area contributed by atoms with Crippen molar-refractivity contribution in [3.05, 3.63) is 45.2 Å². The smallest absolute Gasteiger partial charge is 0.180 e. The molecule has 1 heterocycles. The molecule has 0 spiro atoms. The number of halogens is 2. The quantitative estimate of drug-likeness (QED) is 0.805. The molecule has 2 rings (SSSR count). The van der Waals surface area contributed by atoms with Crippen LogP contribution >= 0.6 is 23.1 Å². The lowest BCUT2D eigenvalue weighted by molar-refractivity contribution is 0.0995. The van der Waals surface area contributed by atoms with Crippen LogP contribution in [0.2, 0.25) is 5.02 Å². The molecule has 88 valence electrons. The molecular weight excluding hydrogens is 263 g/mol. The first kappa shape index (κ1) is 12.1. The predicted octanol–water partition coefficient (Wildman–Crippen LogP) is 3.06. The second kappa shape index (κ2) is 4.89. The van der Waals surface area contributed by atoms with E-state index in [2.05, 4.69) is 9.59 Å². The molecule has 0 aliphatic heterocycles. The van der Waals surface area contributed by atoms with Crippen LogP contribution < -0.4 is 0 Å². The minimum atomic E-state index is -0.471. The van der Waals surface area contributed by atoms with Crippen LogP contribution in [-0.2, 0) is 6.42 Å². The molecule has 0 N–H and O–H groups in total. The molecule has 1 aromatic heterocycles. The lowest BCUT2D eigenvalue weighted by atomic mass is 10.1. The maximum atomic E-state index is 13.5. The zero-order valence-electron chi connectivity index (χ0n) is 8.91. The zero-order chi connectivity index (χ0) is 12.4. The van der Waals surface area contributed by atoms with Gasteiger partial charge in [0.25, 0.3) is 0 Å². The van der Waals surface area contributed by atoms with Gasteiger partial charge in [0.15, 0.2) is 5.78 Å². The summed E-state index contributed by atoms with van der Waals surface area (Å²) in [4.78, 5) is 12.4. The number of ketones is 1. The maximum absolute atomic E-state index is 13.5. The Bertz CT molecular complexity index is 550. The van der Waals surface area contributed by atoms with E-state index in [1.807, 2.05) is 0 Å². The Balaban J connectivity index is 2.28. The van der Waals surface area contributed by atoms with Crippen molar-refractivity contribution in [2.24, 2.45) is 0 Å². The van der Waals surface area contributed by atoms with E-state index in [-0.39, 0.29) is 22.8 Å². The van der Waals surface area contributed by atoms with Crippen molar-refractivity contribution in [3.8, 4) is 0 Å². The van der Waals surface area contributed by atoms with Crippen molar-refractivity contribution in [2.75, 3.05) is 0 Å². The number of hydrogen-bond donors (Lipinski definition) is 0. The molecule has 0 fully saturated rings. The van der Waals surface area contributed by atoms with E-state index in [0.717, 1.165) is 11.5 Å². The maximum Gasteiger partial charge on any atom is 0.180 e. The molecule has 0 radical (unpaired) electrons. The van der Waals surface area contributed by atoms with Gasteiger partial charge in [-0.1, -0.05) is 22.2 Å². The number of aryl methyl sites for hydroxylation is 1. The summed E-state index contributed by atoms with van der Waals surface area (Å²) in [5.41, 5.74) is 0.777. The van der Waals surface area contributed by atoms with E-state index in [9.17, 15) is 9.18 Å². The summed E-state index contributed by atoms with van der Waals surface area (Å²) in [6.07, 6.45) is -0.0732. The van der Waals surface area contributed by atoms with Crippen LogP contribution in [0.15, 0.2) is 18.2 Å². The van der Waals surface area contributed by atoms with Gasteiger partial charge in [0.1, 0.15) is 10.7 Å². The van der Waals surface area contributed by atoms with E-state index < -0.39 is 5.82 Å². The van der Waals surface area contributed by atoms with E-state index in [1.165, 1.54) is 12.1 Å². The van der Waals surface area contributed by atoms with Gasteiger partial charge in [-0.2, -0.15) is 0 Å². The van der Waals surface area contributed by atoms with E-state index >= 15 is 0 Å². The average Bonchev–Trinajstić information content (AvgIpc) is 2.70. The number of aromatic nitrogens is 2. The number of Topliss-reactive ketones (excluding diaryl/α,β-unsaturated/α-hetero) is 1. The van der Waals surface area contributed by atoms with Gasteiger partial charge in [0.05, 0.1) is 5.69 Å². The molecule has 0 saturated carbocycles. The van der Waals surface area contributed by atoms with Crippen LogP contribution in [-0.4, -0.2) is 15.4 Å². The van der Waals surface area contributed by atoms with Crippen LogP contribution in [0.1, 0.15) is 20.9 Å². The minimum absolute atomic E-state index is 0.0732. The summed E-state index contributed by atoms with van der Waals surface area (Å²) in [5, 5.41) is 4.00. The van der Waals surface area contributed by atoms with E-state index in [4.69, 9.17) is 11.6 Å². The molecule has 3 nitrogen and oxygen atoms in total. The molecule has 17 heavy (non-hydrogen) atoms. The fraction of sp³-hybridized carbons (Fsp3) is 0.182. The molecule has 0 aliphatic rings. The van der Waals surface area contributed by atoms with Gasteiger partial charge >= 0.3 is 0 Å². The number of benzene rings is 1. The van der Waals surface area contributed by atoms with Gasteiger partial charge in [0.2, 0.25) is 0 Å². The van der Waals surface area contributed by atoms with Crippen LogP contribution in [0.3, 0.4) is 0 Å². The van der Waals surface area contributed by atoms with Crippen molar-refractivity contribution >= 4 is 28.9 Å². The fourth-order valence-corrected chi connectivity index (χ4v) is 2.25. The highest BCUT2D eigenvalue weighted by Gasteiger charge is 2.17. The van der Waals surface area contributed by atoms with Crippen molar-refractivity contribution in [1.82, 2.24) is 9.59 Å². The predicted molar refractivity (Wildman–Crippen MR) is 64.1 cm³/mol. The molecular formula is C11H8ClFN2OS. The van der Waals surface area contributed by atoms with Gasteiger partial charge in [-0.3, -0.25) is 4.79 Å². The van der Waals surface area contributed by atoms with Crippen LogP contribution in [0.5, 0.6) is 0 Å². The van der Waals surface area contributed by atoms with Crippen molar-refractivity contribution < 1.29 is 9.18 Å². The third kappa shape index (κ3) is 2.50. The number of carbonyl (C=O) groups excluding carboxylic acids is 1. The average molecular weight is 271 g/mol. The molecule has 6 heteroatoms. The van der Waals surface area contributed by atoms with Crippen molar-refractivity contribution in [2.45, 2.75) is 13.3 Å². The number of carbonyl (C=O) groups is 1. The molecule has 0 bridgehead atoms. The Morgan fingerprint density at radius 3 is 2.88 bits per heavy atom. The van der Waals surface area contributed by atoms with Gasteiger partial charge in [0, 0.05) is 17.0 Å². The van der Waals surface area contributed by atoms with Crippen LogP contribution in [0.25, 0.3) is 0 Å². The van der Waals surface area contributed by atoms with Crippen molar-refractivity contribution in [3.63, 3.8) is 0 Å². The number of hydrogen-bond acceptors (Lipinski definition) is 4. The summed E-state index contributed by atoms with van der Waals surface area (Å²) < 4.78 is 17.2.